The standard InChI is InChI=1S/C28H36F2O12S/c1-3-27(15-5-13-4-14(7-15)8-16(27)6-13)42-26(34)22-18-9-17-21(22)25(33)41-24(17)23(18)40-20(32)11-38-10-19(31)39-12(2)28(29,30)43(35,36)37/h12-18,21-24H,3-11H2,1-2H3,(H,35,36,37). The Balaban J connectivity index is 1.06. The topological polar surface area (TPSA) is 169 Å². The first kappa shape index (κ1) is 30.6. The van der Waals surface area contributed by atoms with E-state index in [0.29, 0.717) is 43.4 Å². The summed E-state index contributed by atoms with van der Waals surface area (Å²) < 4.78 is 84.1. The van der Waals surface area contributed by atoms with Gasteiger partial charge in [-0.25, -0.2) is 9.59 Å². The first-order chi connectivity index (χ1) is 20.2. The Morgan fingerprint density at radius 3 is 2.21 bits per heavy atom. The summed E-state index contributed by atoms with van der Waals surface area (Å²) in [4.78, 5) is 51.1. The Morgan fingerprint density at radius 2 is 1.63 bits per heavy atom. The molecular weight excluding hydrogens is 598 g/mol. The zero-order valence-electron chi connectivity index (χ0n) is 23.8. The molecule has 15 heteroatoms. The van der Waals surface area contributed by atoms with E-state index in [-0.39, 0.29) is 5.92 Å². The quantitative estimate of drug-likeness (QED) is 0.200. The summed E-state index contributed by atoms with van der Waals surface area (Å²) in [6.45, 7) is 0.835. The van der Waals surface area contributed by atoms with Crippen LogP contribution in [0.25, 0.3) is 0 Å². The van der Waals surface area contributed by atoms with E-state index < -0.39 is 94.1 Å². The van der Waals surface area contributed by atoms with Gasteiger partial charge in [0, 0.05) is 11.8 Å². The van der Waals surface area contributed by atoms with E-state index in [1.165, 1.54) is 6.42 Å². The largest absolute Gasteiger partial charge is 0.458 e. The summed E-state index contributed by atoms with van der Waals surface area (Å²) in [6, 6.07) is 0. The third-order valence-corrected chi connectivity index (χ3v) is 12.0. The molecule has 1 saturated heterocycles. The number of alkyl halides is 2. The lowest BCUT2D eigenvalue weighted by Gasteiger charge is -2.60. The van der Waals surface area contributed by atoms with Crippen molar-refractivity contribution in [2.24, 2.45) is 47.3 Å². The molecule has 6 saturated carbocycles. The number of fused-ring (bicyclic) bond motifs is 1. The highest BCUT2D eigenvalue weighted by Gasteiger charge is 2.71. The van der Waals surface area contributed by atoms with E-state index in [1.807, 2.05) is 0 Å². The maximum Gasteiger partial charge on any atom is 0.405 e. The van der Waals surface area contributed by atoms with Gasteiger partial charge in [0.25, 0.3) is 0 Å². The van der Waals surface area contributed by atoms with Crippen molar-refractivity contribution in [2.75, 3.05) is 13.2 Å². The molecule has 7 atom stereocenters. The minimum atomic E-state index is -5.83. The molecule has 1 aliphatic heterocycles. The molecule has 12 nitrogen and oxygen atoms in total. The Hall–Kier alpha value is -2.39. The average molecular weight is 635 g/mol. The molecule has 6 aliphatic carbocycles. The number of rotatable bonds is 11. The molecule has 0 amide bonds. The van der Waals surface area contributed by atoms with E-state index in [9.17, 15) is 36.4 Å². The molecule has 7 unspecified atom stereocenters. The Labute approximate surface area is 247 Å². The van der Waals surface area contributed by atoms with Crippen molar-refractivity contribution >= 4 is 34.0 Å². The predicted octanol–water partition coefficient (Wildman–Crippen LogP) is 2.28. The maximum absolute atomic E-state index is 13.9. The van der Waals surface area contributed by atoms with E-state index in [1.54, 1.807) is 0 Å². The SMILES string of the molecule is CCC1(OC(=O)C2C3CC4C(OC(=O)C42)C3OC(=O)COCC(=O)OC(C)C(F)(F)S(=O)(=O)O)C2CC3CC(C2)CC1C3. The smallest absolute Gasteiger partial charge is 0.405 e. The van der Waals surface area contributed by atoms with Crippen LogP contribution in [0.2, 0.25) is 0 Å². The third-order valence-electron chi connectivity index (χ3n) is 11.0. The number of hydrogen-bond donors (Lipinski definition) is 1. The van der Waals surface area contributed by atoms with Crippen molar-refractivity contribution in [1.29, 1.82) is 0 Å². The van der Waals surface area contributed by atoms with E-state index in [2.05, 4.69) is 11.7 Å². The van der Waals surface area contributed by atoms with Crippen molar-refractivity contribution in [3.8, 4) is 0 Å². The Kier molecular flexibility index (Phi) is 7.56. The van der Waals surface area contributed by atoms with E-state index in [0.717, 1.165) is 25.7 Å². The molecular formula is C28H36F2O12S. The van der Waals surface area contributed by atoms with Crippen LogP contribution in [-0.4, -0.2) is 79.2 Å². The Bertz CT molecular complexity index is 1270. The minimum Gasteiger partial charge on any atom is -0.458 e. The van der Waals surface area contributed by atoms with Crippen LogP contribution in [0, 0.1) is 47.3 Å². The van der Waals surface area contributed by atoms with Crippen molar-refractivity contribution in [3.05, 3.63) is 0 Å². The molecule has 0 aromatic rings. The highest BCUT2D eigenvalue weighted by Crippen LogP contribution is 2.63. The monoisotopic (exact) mass is 634 g/mol. The van der Waals surface area contributed by atoms with Crippen molar-refractivity contribution < 1.29 is 64.6 Å². The first-order valence-electron chi connectivity index (χ1n) is 14.9. The van der Waals surface area contributed by atoms with Gasteiger partial charge in [-0.05, 0) is 75.5 Å². The number of ether oxygens (including phenoxy) is 5. The molecule has 43 heavy (non-hydrogen) atoms. The lowest BCUT2D eigenvalue weighted by Crippen LogP contribution is -2.60. The van der Waals surface area contributed by atoms with Crippen LogP contribution in [0.4, 0.5) is 8.78 Å². The van der Waals surface area contributed by atoms with Crippen LogP contribution in [0.3, 0.4) is 0 Å². The summed E-state index contributed by atoms with van der Waals surface area (Å²) in [5, 5.41) is -4.75. The number of carbonyl (C=O) groups excluding carboxylic acids is 4. The summed E-state index contributed by atoms with van der Waals surface area (Å²) in [5.74, 6) is -3.60. The van der Waals surface area contributed by atoms with Crippen LogP contribution >= 0.6 is 0 Å². The molecule has 7 aliphatic rings. The van der Waals surface area contributed by atoms with Crippen molar-refractivity contribution in [3.63, 3.8) is 0 Å². The van der Waals surface area contributed by atoms with Crippen LogP contribution < -0.4 is 0 Å². The molecule has 6 bridgehead atoms. The van der Waals surface area contributed by atoms with Gasteiger partial charge in [0.2, 0.25) is 0 Å². The Morgan fingerprint density at radius 1 is 1.02 bits per heavy atom. The minimum absolute atomic E-state index is 0.300. The second-order valence-electron chi connectivity index (χ2n) is 13.2. The second kappa shape index (κ2) is 10.6. The van der Waals surface area contributed by atoms with Crippen LogP contribution in [0.1, 0.15) is 58.8 Å². The molecule has 0 spiro atoms. The van der Waals surface area contributed by atoms with Crippen molar-refractivity contribution in [1.82, 2.24) is 0 Å². The highest BCUT2D eigenvalue weighted by molar-refractivity contribution is 7.86. The highest BCUT2D eigenvalue weighted by atomic mass is 32.2. The molecule has 0 radical (unpaired) electrons. The zero-order chi connectivity index (χ0) is 31.1. The predicted molar refractivity (Wildman–Crippen MR) is 137 cm³/mol. The molecule has 7 rings (SSSR count). The van der Waals surface area contributed by atoms with Gasteiger partial charge in [-0.3, -0.25) is 14.1 Å². The molecule has 1 heterocycles. The fourth-order valence-electron chi connectivity index (χ4n) is 9.44. The first-order valence-corrected chi connectivity index (χ1v) is 16.3. The van der Waals surface area contributed by atoms with Crippen LogP contribution in [0.15, 0.2) is 0 Å². The molecule has 0 aromatic heterocycles. The number of carbonyl (C=O) groups is 4. The van der Waals surface area contributed by atoms with E-state index in [4.69, 9.17) is 23.5 Å². The molecule has 7 fully saturated rings. The van der Waals surface area contributed by atoms with Gasteiger partial charge < -0.3 is 23.7 Å². The van der Waals surface area contributed by atoms with E-state index >= 15 is 0 Å². The van der Waals surface area contributed by atoms with Gasteiger partial charge in [-0.1, -0.05) is 6.92 Å². The number of esters is 4. The summed E-state index contributed by atoms with van der Waals surface area (Å²) in [5.41, 5.74) is -0.550. The third kappa shape index (κ3) is 4.93. The number of halogens is 2. The molecule has 0 aromatic carbocycles. The lowest BCUT2D eigenvalue weighted by molar-refractivity contribution is -0.218. The fourth-order valence-corrected chi connectivity index (χ4v) is 9.90. The van der Waals surface area contributed by atoms with Crippen LogP contribution in [0.5, 0.6) is 0 Å². The second-order valence-corrected chi connectivity index (χ2v) is 14.7. The normalized spacial score (nSPS) is 41.2. The number of hydrogen-bond acceptors (Lipinski definition) is 11. The van der Waals surface area contributed by atoms with Gasteiger partial charge in [0.05, 0.1) is 11.8 Å². The zero-order valence-corrected chi connectivity index (χ0v) is 24.6. The van der Waals surface area contributed by atoms with Gasteiger partial charge in [0.15, 0.2) is 6.10 Å². The van der Waals surface area contributed by atoms with Crippen molar-refractivity contribution in [2.45, 2.75) is 88.0 Å². The molecule has 240 valence electrons. The maximum atomic E-state index is 13.9. The lowest BCUT2D eigenvalue weighted by atomic mass is 9.49. The summed E-state index contributed by atoms with van der Waals surface area (Å²) in [6.07, 6.45) is 2.45. The van der Waals surface area contributed by atoms with Gasteiger partial charge in [-0.2, -0.15) is 17.2 Å². The summed E-state index contributed by atoms with van der Waals surface area (Å²) in [7, 11) is -5.83. The van der Waals surface area contributed by atoms with Gasteiger partial charge in [0.1, 0.15) is 31.0 Å². The van der Waals surface area contributed by atoms with Gasteiger partial charge >= 0.3 is 39.2 Å². The van der Waals surface area contributed by atoms with Crippen LogP contribution in [-0.2, 0) is 53.0 Å². The van der Waals surface area contributed by atoms with Gasteiger partial charge in [-0.15, -0.1) is 0 Å². The summed E-state index contributed by atoms with van der Waals surface area (Å²) >= 11 is 0. The fraction of sp³-hybridized carbons (Fsp3) is 0.857. The average Bonchev–Trinajstić information content (AvgIpc) is 3.53. The molecule has 1 N–H and O–H groups in total.